The lowest BCUT2D eigenvalue weighted by Crippen LogP contribution is -2.48. The van der Waals surface area contributed by atoms with Crippen LogP contribution >= 0.6 is 0 Å². The van der Waals surface area contributed by atoms with E-state index in [0.29, 0.717) is 49.1 Å². The Bertz CT molecular complexity index is 1190. The van der Waals surface area contributed by atoms with E-state index in [9.17, 15) is 9.59 Å². The molecule has 1 aromatic carbocycles. The summed E-state index contributed by atoms with van der Waals surface area (Å²) in [6, 6.07) is 6.20. The summed E-state index contributed by atoms with van der Waals surface area (Å²) in [6.45, 7) is 2.25. The number of imidazole rings is 1. The van der Waals surface area contributed by atoms with Crippen LogP contribution in [0.3, 0.4) is 0 Å². The van der Waals surface area contributed by atoms with Gasteiger partial charge in [0.15, 0.2) is 6.10 Å². The first-order valence-corrected chi connectivity index (χ1v) is 11.1. The molecule has 0 bridgehead atoms. The van der Waals surface area contributed by atoms with Crippen LogP contribution in [-0.2, 0) is 9.53 Å². The van der Waals surface area contributed by atoms with E-state index in [1.54, 1.807) is 41.7 Å². The van der Waals surface area contributed by atoms with Crippen LogP contribution in [0.1, 0.15) is 5.69 Å². The van der Waals surface area contributed by atoms with Crippen LogP contribution in [0.2, 0.25) is 0 Å². The predicted molar refractivity (Wildman–Crippen MR) is 122 cm³/mol. The minimum absolute atomic E-state index is 0.106. The second-order valence-corrected chi connectivity index (χ2v) is 8.04. The highest BCUT2D eigenvalue weighted by Gasteiger charge is 2.33. The molecular formula is C23H23FN6O5. The zero-order valence-corrected chi connectivity index (χ0v) is 18.7. The maximum Gasteiger partial charge on any atom is 0.414 e. The minimum atomic E-state index is -0.569. The Labute approximate surface area is 199 Å². The van der Waals surface area contributed by atoms with E-state index < -0.39 is 18.0 Å². The quantitative estimate of drug-likeness (QED) is 0.510. The number of nitrogens with zero attached hydrogens (tertiary/aromatic N) is 5. The van der Waals surface area contributed by atoms with Crippen molar-refractivity contribution in [2.45, 2.75) is 6.10 Å². The van der Waals surface area contributed by atoms with Gasteiger partial charge >= 0.3 is 6.09 Å². The number of hydrogen-bond donors (Lipinski definition) is 1. The fraction of sp³-hybridized carbons (Fsp3) is 0.304. The molecule has 2 aliphatic heterocycles. The molecule has 0 spiro atoms. The Balaban J connectivity index is 1.16. The third kappa shape index (κ3) is 5.10. The van der Waals surface area contributed by atoms with Crippen molar-refractivity contribution in [3.05, 3.63) is 60.6 Å². The summed E-state index contributed by atoms with van der Waals surface area (Å²) in [7, 11) is 0. The van der Waals surface area contributed by atoms with Crippen molar-refractivity contribution in [3.63, 3.8) is 0 Å². The first kappa shape index (κ1) is 22.4. The molecule has 0 saturated carbocycles. The van der Waals surface area contributed by atoms with Gasteiger partial charge in [0.2, 0.25) is 5.91 Å². The van der Waals surface area contributed by atoms with Crippen LogP contribution in [0.5, 0.6) is 5.88 Å². The molecule has 2 fully saturated rings. The molecule has 2 aliphatic rings. The number of halogens is 1. The minimum Gasteiger partial charge on any atom is -0.471 e. The predicted octanol–water partition coefficient (Wildman–Crippen LogP) is 2.30. The highest BCUT2D eigenvalue weighted by molar-refractivity contribution is 5.92. The largest absolute Gasteiger partial charge is 0.471 e. The van der Waals surface area contributed by atoms with Crippen molar-refractivity contribution in [1.29, 1.82) is 0 Å². The van der Waals surface area contributed by atoms with Gasteiger partial charge in [-0.2, -0.15) is 0 Å². The summed E-state index contributed by atoms with van der Waals surface area (Å²) in [4.78, 5) is 36.6. The van der Waals surface area contributed by atoms with E-state index in [1.165, 1.54) is 23.3 Å². The molecule has 2 saturated heterocycles. The molecule has 11 nitrogen and oxygen atoms in total. The molecule has 182 valence electrons. The van der Waals surface area contributed by atoms with E-state index in [2.05, 4.69) is 15.1 Å². The van der Waals surface area contributed by atoms with Crippen molar-refractivity contribution in [1.82, 2.24) is 20.0 Å². The van der Waals surface area contributed by atoms with Crippen LogP contribution in [0.25, 0.3) is 6.08 Å². The third-order valence-electron chi connectivity index (χ3n) is 5.80. The van der Waals surface area contributed by atoms with Crippen LogP contribution in [-0.4, -0.2) is 77.5 Å². The molecule has 0 aliphatic carbocycles. The first-order chi connectivity index (χ1) is 17.1. The Morgan fingerprint density at radius 1 is 1.26 bits per heavy atom. The lowest BCUT2D eigenvalue weighted by atomic mass is 10.2. The van der Waals surface area contributed by atoms with Crippen LogP contribution in [0.4, 0.5) is 20.6 Å². The van der Waals surface area contributed by atoms with Gasteiger partial charge in [0.1, 0.15) is 18.7 Å². The molecule has 4 heterocycles. The molecule has 2 amide bonds. The Morgan fingerprint density at radius 3 is 2.83 bits per heavy atom. The number of rotatable bonds is 7. The van der Waals surface area contributed by atoms with E-state index in [-0.39, 0.29) is 19.1 Å². The summed E-state index contributed by atoms with van der Waals surface area (Å²) in [6.07, 6.45) is 6.67. The van der Waals surface area contributed by atoms with Crippen molar-refractivity contribution >= 4 is 29.5 Å². The highest BCUT2D eigenvalue weighted by Crippen LogP contribution is 2.29. The van der Waals surface area contributed by atoms with Gasteiger partial charge in [0.25, 0.3) is 5.88 Å². The monoisotopic (exact) mass is 482 g/mol. The Hall–Kier alpha value is -4.35. The lowest BCUT2D eigenvalue weighted by molar-refractivity contribution is -0.126. The maximum atomic E-state index is 15.0. The number of aromatic nitrogens is 3. The Morgan fingerprint density at radius 2 is 2.11 bits per heavy atom. The van der Waals surface area contributed by atoms with E-state index in [1.807, 2.05) is 4.90 Å². The third-order valence-corrected chi connectivity index (χ3v) is 5.80. The van der Waals surface area contributed by atoms with Gasteiger partial charge in [-0.15, -0.1) is 0 Å². The number of carbonyl (C=O) groups excluding carboxylic acids is 2. The fourth-order valence-corrected chi connectivity index (χ4v) is 3.99. The van der Waals surface area contributed by atoms with E-state index >= 15 is 4.39 Å². The van der Waals surface area contributed by atoms with Gasteiger partial charge in [0, 0.05) is 44.5 Å². The number of hydrogen-bond acceptors (Lipinski definition) is 8. The van der Waals surface area contributed by atoms with Crippen LogP contribution in [0, 0.1) is 5.82 Å². The first-order valence-electron chi connectivity index (χ1n) is 11.1. The van der Waals surface area contributed by atoms with E-state index in [4.69, 9.17) is 14.0 Å². The van der Waals surface area contributed by atoms with Gasteiger partial charge in [-0.1, -0.05) is 0 Å². The number of benzene rings is 1. The summed E-state index contributed by atoms with van der Waals surface area (Å²) < 4.78 is 30.4. The van der Waals surface area contributed by atoms with Gasteiger partial charge in [-0.3, -0.25) is 9.69 Å². The van der Waals surface area contributed by atoms with Gasteiger partial charge < -0.3 is 28.8 Å². The van der Waals surface area contributed by atoms with Crippen LogP contribution < -0.4 is 14.5 Å². The number of nitrogens with one attached hydrogen (secondary N) is 1. The van der Waals surface area contributed by atoms with Crippen LogP contribution in [0.15, 0.2) is 53.7 Å². The zero-order chi connectivity index (χ0) is 24.2. The van der Waals surface area contributed by atoms with Gasteiger partial charge in [-0.25, -0.2) is 14.2 Å². The molecule has 0 radical (unpaired) electrons. The highest BCUT2D eigenvalue weighted by atomic mass is 19.1. The smallest absolute Gasteiger partial charge is 0.414 e. The SMILES string of the molecule is O=C(C=Cc1c[nH]cn1)N1CCN(c2ccc(N3C[C@H](COc4ccon4)OC3=O)cc2F)CC1. The maximum absolute atomic E-state index is 15.0. The molecular weight excluding hydrogens is 459 g/mol. The molecule has 2 aromatic heterocycles. The van der Waals surface area contributed by atoms with E-state index in [0.717, 1.165) is 0 Å². The lowest BCUT2D eigenvalue weighted by Gasteiger charge is -2.36. The summed E-state index contributed by atoms with van der Waals surface area (Å²) >= 11 is 0. The van der Waals surface area contributed by atoms with Crippen molar-refractivity contribution in [2.24, 2.45) is 0 Å². The number of aromatic amines is 1. The normalized spacial score (nSPS) is 18.4. The summed E-state index contributed by atoms with van der Waals surface area (Å²) in [5.74, 6) is -0.265. The molecule has 3 aromatic rings. The average molecular weight is 482 g/mol. The second-order valence-electron chi connectivity index (χ2n) is 8.04. The number of H-pyrrole nitrogens is 1. The molecule has 12 heteroatoms. The number of piperazine rings is 1. The molecule has 1 N–H and O–H groups in total. The molecule has 1 atom stereocenters. The number of amides is 2. The number of carbonyl (C=O) groups is 2. The second kappa shape index (κ2) is 9.87. The number of anilines is 2. The van der Waals surface area contributed by atoms with Crippen molar-refractivity contribution < 1.29 is 28.0 Å². The topological polar surface area (TPSA) is 117 Å². The standard InChI is InChI=1S/C23H23FN6O5/c24-19-11-17(30-13-18(35-23(30)32)14-33-21-5-10-34-27-21)2-3-20(19)28-6-8-29(9-7-28)22(31)4-1-16-12-25-15-26-16/h1-5,10-12,15,18H,6-9,13-14H2,(H,25,26)/t18-/m1/s1. The molecule has 35 heavy (non-hydrogen) atoms. The van der Waals surface area contributed by atoms with Gasteiger partial charge in [0.05, 0.1) is 29.9 Å². The van der Waals surface area contributed by atoms with Crippen molar-refractivity contribution in [3.8, 4) is 5.88 Å². The Kier molecular flexibility index (Phi) is 6.33. The van der Waals surface area contributed by atoms with Gasteiger partial charge in [-0.05, 0) is 29.4 Å². The van der Waals surface area contributed by atoms with Crippen molar-refractivity contribution in [2.75, 3.05) is 49.1 Å². The molecule has 5 rings (SSSR count). The fourth-order valence-electron chi connectivity index (χ4n) is 3.99. The molecule has 0 unspecified atom stereocenters. The summed E-state index contributed by atoms with van der Waals surface area (Å²) in [5.41, 5.74) is 1.50. The summed E-state index contributed by atoms with van der Waals surface area (Å²) in [5, 5.41) is 3.64. The number of ether oxygens (including phenoxy) is 2. The zero-order valence-electron chi connectivity index (χ0n) is 18.7. The average Bonchev–Trinajstić information content (AvgIpc) is 3.64. The number of cyclic esters (lactones) is 1.